The fourth-order valence-corrected chi connectivity index (χ4v) is 4.76. The van der Waals surface area contributed by atoms with Gasteiger partial charge in [-0.25, -0.2) is 0 Å². The van der Waals surface area contributed by atoms with Crippen LogP contribution in [0.3, 0.4) is 0 Å². The Labute approximate surface area is 156 Å². The lowest BCUT2D eigenvalue weighted by Gasteiger charge is -2.08. The maximum Gasteiger partial charge on any atom is 0.0382 e. The van der Waals surface area contributed by atoms with Crippen LogP contribution >= 0.6 is 11.3 Å². The summed E-state index contributed by atoms with van der Waals surface area (Å²) in [5.41, 5.74) is 11.9. The normalized spacial score (nSPS) is 11.2. The largest absolute Gasteiger partial charge is 0.399 e. The number of hydrogen-bond acceptors (Lipinski definition) is 2. The molecule has 5 aromatic rings. The van der Waals surface area contributed by atoms with Crippen LogP contribution in [0.5, 0.6) is 0 Å². The monoisotopic (exact) mass is 351 g/mol. The summed E-state index contributed by atoms with van der Waals surface area (Å²) in [6.07, 6.45) is 0. The van der Waals surface area contributed by atoms with E-state index in [9.17, 15) is 0 Å². The lowest BCUT2D eigenvalue weighted by molar-refractivity contribution is 1.61. The van der Waals surface area contributed by atoms with Gasteiger partial charge >= 0.3 is 0 Å². The van der Waals surface area contributed by atoms with Gasteiger partial charge in [-0.3, -0.25) is 0 Å². The van der Waals surface area contributed by atoms with Crippen molar-refractivity contribution < 1.29 is 0 Å². The highest BCUT2D eigenvalue weighted by molar-refractivity contribution is 7.26. The van der Waals surface area contributed by atoms with E-state index in [1.807, 2.05) is 6.07 Å². The third-order valence-corrected chi connectivity index (χ3v) is 5.92. The molecule has 1 aromatic heterocycles. The van der Waals surface area contributed by atoms with Crippen LogP contribution in [0.25, 0.3) is 42.4 Å². The molecule has 0 atom stereocenters. The number of anilines is 1. The van der Waals surface area contributed by atoms with Crippen LogP contribution in [0.4, 0.5) is 5.69 Å². The maximum atomic E-state index is 6.21. The molecule has 0 saturated carbocycles. The molecule has 1 nitrogen and oxygen atoms in total. The molecule has 26 heavy (non-hydrogen) atoms. The van der Waals surface area contributed by atoms with Gasteiger partial charge in [0.25, 0.3) is 0 Å². The van der Waals surface area contributed by atoms with Crippen molar-refractivity contribution in [2.45, 2.75) is 0 Å². The van der Waals surface area contributed by atoms with Crippen molar-refractivity contribution in [3.05, 3.63) is 91.0 Å². The standard InChI is InChI=1S/C24H17NS/c25-19-14-21(24-20-8-4-5-9-22(20)26-23(24)15-19)18-12-10-17(11-13-18)16-6-2-1-3-7-16/h1-15H,25H2. The molecule has 0 bridgehead atoms. The van der Waals surface area contributed by atoms with Gasteiger partial charge in [0.05, 0.1) is 0 Å². The first-order valence-corrected chi connectivity index (χ1v) is 9.48. The third-order valence-electron chi connectivity index (χ3n) is 4.80. The van der Waals surface area contributed by atoms with E-state index in [-0.39, 0.29) is 0 Å². The quantitative estimate of drug-likeness (QED) is 0.341. The summed E-state index contributed by atoms with van der Waals surface area (Å²) in [7, 11) is 0. The number of thiophene rings is 1. The Morgan fingerprint density at radius 2 is 1.23 bits per heavy atom. The second-order valence-corrected chi connectivity index (χ2v) is 7.57. The van der Waals surface area contributed by atoms with Crippen molar-refractivity contribution >= 4 is 37.2 Å². The van der Waals surface area contributed by atoms with Crippen LogP contribution < -0.4 is 5.73 Å². The smallest absolute Gasteiger partial charge is 0.0382 e. The van der Waals surface area contributed by atoms with Crippen molar-refractivity contribution in [1.82, 2.24) is 0 Å². The minimum atomic E-state index is 0.811. The molecule has 124 valence electrons. The van der Waals surface area contributed by atoms with Crippen LogP contribution in [-0.4, -0.2) is 0 Å². The summed E-state index contributed by atoms with van der Waals surface area (Å²) in [6.45, 7) is 0. The molecule has 5 rings (SSSR count). The van der Waals surface area contributed by atoms with Crippen molar-refractivity contribution in [2.24, 2.45) is 0 Å². The van der Waals surface area contributed by atoms with E-state index in [1.54, 1.807) is 11.3 Å². The molecular formula is C24H17NS. The van der Waals surface area contributed by atoms with E-state index >= 15 is 0 Å². The predicted molar refractivity (Wildman–Crippen MR) is 115 cm³/mol. The van der Waals surface area contributed by atoms with E-state index < -0.39 is 0 Å². The highest BCUT2D eigenvalue weighted by atomic mass is 32.1. The van der Waals surface area contributed by atoms with Gasteiger partial charge in [-0.05, 0) is 40.5 Å². The Bertz CT molecular complexity index is 1220. The van der Waals surface area contributed by atoms with E-state index in [1.165, 1.54) is 42.4 Å². The van der Waals surface area contributed by atoms with E-state index in [4.69, 9.17) is 5.73 Å². The van der Waals surface area contributed by atoms with Crippen molar-refractivity contribution in [1.29, 1.82) is 0 Å². The summed E-state index contributed by atoms with van der Waals surface area (Å²) in [6, 6.07) is 32.0. The van der Waals surface area contributed by atoms with Gasteiger partial charge in [-0.2, -0.15) is 0 Å². The summed E-state index contributed by atoms with van der Waals surface area (Å²) in [5, 5.41) is 2.60. The minimum Gasteiger partial charge on any atom is -0.399 e. The van der Waals surface area contributed by atoms with Crippen LogP contribution in [0, 0.1) is 0 Å². The molecule has 1 heterocycles. The lowest BCUT2D eigenvalue weighted by Crippen LogP contribution is -1.87. The average Bonchev–Trinajstić information content (AvgIpc) is 3.06. The Balaban J connectivity index is 1.71. The first-order chi connectivity index (χ1) is 12.8. The topological polar surface area (TPSA) is 26.0 Å². The van der Waals surface area contributed by atoms with Gasteiger partial charge < -0.3 is 5.73 Å². The molecular weight excluding hydrogens is 334 g/mol. The Morgan fingerprint density at radius 1 is 0.577 bits per heavy atom. The van der Waals surface area contributed by atoms with Gasteiger partial charge in [0.2, 0.25) is 0 Å². The zero-order valence-electron chi connectivity index (χ0n) is 14.1. The summed E-state index contributed by atoms with van der Waals surface area (Å²) in [5.74, 6) is 0. The molecule has 0 spiro atoms. The van der Waals surface area contributed by atoms with Crippen LogP contribution in [0.15, 0.2) is 91.0 Å². The molecule has 0 fully saturated rings. The zero-order chi connectivity index (χ0) is 17.5. The van der Waals surface area contributed by atoms with Gasteiger partial charge in [-0.15, -0.1) is 11.3 Å². The van der Waals surface area contributed by atoms with E-state index in [0.717, 1.165) is 5.69 Å². The molecule has 2 heteroatoms. The van der Waals surface area contributed by atoms with Crippen LogP contribution in [0.1, 0.15) is 0 Å². The Morgan fingerprint density at radius 3 is 2.04 bits per heavy atom. The second-order valence-electron chi connectivity index (χ2n) is 6.48. The second kappa shape index (κ2) is 6.01. The van der Waals surface area contributed by atoms with Gasteiger partial charge in [0.15, 0.2) is 0 Å². The zero-order valence-corrected chi connectivity index (χ0v) is 15.0. The lowest BCUT2D eigenvalue weighted by atomic mass is 9.96. The molecule has 2 N–H and O–H groups in total. The van der Waals surface area contributed by atoms with E-state index in [0.29, 0.717) is 0 Å². The first kappa shape index (κ1) is 15.2. The highest BCUT2D eigenvalue weighted by Crippen LogP contribution is 2.41. The van der Waals surface area contributed by atoms with E-state index in [2.05, 4.69) is 84.9 Å². The number of rotatable bonds is 2. The third kappa shape index (κ3) is 2.47. The predicted octanol–water partition coefficient (Wildman–Crippen LogP) is 6.97. The highest BCUT2D eigenvalue weighted by Gasteiger charge is 2.12. The molecule has 0 aliphatic rings. The average molecular weight is 351 g/mol. The van der Waals surface area contributed by atoms with Gasteiger partial charge in [-0.1, -0.05) is 72.8 Å². The van der Waals surface area contributed by atoms with Crippen molar-refractivity contribution in [3.63, 3.8) is 0 Å². The number of hydrogen-bond donors (Lipinski definition) is 1. The maximum absolute atomic E-state index is 6.21. The number of fused-ring (bicyclic) bond motifs is 3. The molecule has 0 unspecified atom stereocenters. The molecule has 0 aliphatic carbocycles. The van der Waals surface area contributed by atoms with Gasteiger partial charge in [0, 0.05) is 25.9 Å². The Kier molecular flexibility index (Phi) is 3.51. The van der Waals surface area contributed by atoms with Crippen molar-refractivity contribution in [2.75, 3.05) is 5.73 Å². The fraction of sp³-hybridized carbons (Fsp3) is 0. The molecule has 0 amide bonds. The van der Waals surface area contributed by atoms with Crippen LogP contribution in [0.2, 0.25) is 0 Å². The SMILES string of the molecule is Nc1cc(-c2ccc(-c3ccccc3)cc2)c2c(c1)sc1ccccc12. The van der Waals surface area contributed by atoms with Crippen molar-refractivity contribution in [3.8, 4) is 22.3 Å². The summed E-state index contributed by atoms with van der Waals surface area (Å²) < 4.78 is 2.54. The number of benzene rings is 4. The Hall–Kier alpha value is -3.10. The molecule has 4 aromatic carbocycles. The van der Waals surface area contributed by atoms with Crippen LogP contribution in [-0.2, 0) is 0 Å². The fourth-order valence-electron chi connectivity index (χ4n) is 3.58. The number of nitrogens with two attached hydrogens (primary N) is 1. The molecule has 0 radical (unpaired) electrons. The molecule has 0 saturated heterocycles. The van der Waals surface area contributed by atoms with Gasteiger partial charge in [0.1, 0.15) is 0 Å². The first-order valence-electron chi connectivity index (χ1n) is 8.66. The number of nitrogen functional groups attached to an aromatic ring is 1. The minimum absolute atomic E-state index is 0.811. The summed E-state index contributed by atoms with van der Waals surface area (Å²) in [4.78, 5) is 0. The summed E-state index contributed by atoms with van der Waals surface area (Å²) >= 11 is 1.80. The molecule has 0 aliphatic heterocycles.